The van der Waals surface area contributed by atoms with Crippen molar-refractivity contribution < 1.29 is 0 Å². The van der Waals surface area contributed by atoms with E-state index in [9.17, 15) is 9.59 Å². The number of hydrogen-bond donors (Lipinski definition) is 0. The van der Waals surface area contributed by atoms with Crippen LogP contribution in [-0.2, 0) is 0 Å². The van der Waals surface area contributed by atoms with Gasteiger partial charge in [0.05, 0.1) is 12.1 Å². The van der Waals surface area contributed by atoms with E-state index in [2.05, 4.69) is 27.7 Å². The van der Waals surface area contributed by atoms with Gasteiger partial charge in [-0.05, 0) is 71.0 Å². The minimum absolute atomic E-state index is 0.0240. The van der Waals surface area contributed by atoms with Crippen LogP contribution in [0.4, 0.5) is 0 Å². The Hall–Kier alpha value is -1.26. The molecule has 5 nitrogen and oxygen atoms in total. The Morgan fingerprint density at radius 2 is 1.65 bits per heavy atom. The van der Waals surface area contributed by atoms with Crippen molar-refractivity contribution in [1.29, 1.82) is 0 Å². The fourth-order valence-electron chi connectivity index (χ4n) is 10.2. The lowest BCUT2D eigenvalue weighted by Crippen LogP contribution is -2.48. The summed E-state index contributed by atoms with van der Waals surface area (Å²) in [6, 6.07) is 0.748. The maximum absolute atomic E-state index is 13.6. The van der Waals surface area contributed by atoms with E-state index in [1.54, 1.807) is 4.57 Å². The lowest BCUT2D eigenvalue weighted by molar-refractivity contribution is 0.0636. The molecule has 6 saturated carbocycles. The molecule has 26 heavy (non-hydrogen) atoms. The monoisotopic (exact) mass is 353 g/mol. The van der Waals surface area contributed by atoms with Crippen LogP contribution in [0.3, 0.4) is 0 Å². The molecule has 0 amide bonds. The SMILES string of the molecule is CC12C3C4C5C4C1n1c(=O)n(C4CC6CCC4(C)C6(C)C)c(=O)n1C5C32. The van der Waals surface area contributed by atoms with E-state index in [1.165, 1.54) is 6.42 Å². The molecular weight excluding hydrogens is 326 g/mol. The summed E-state index contributed by atoms with van der Waals surface area (Å²) in [6.45, 7) is 9.47. The highest BCUT2D eigenvalue weighted by molar-refractivity contribution is 5.42. The molecule has 11 atom stereocenters. The maximum Gasteiger partial charge on any atom is 0.347 e. The minimum Gasteiger partial charge on any atom is -0.246 e. The molecule has 0 aromatic carbocycles. The van der Waals surface area contributed by atoms with Crippen molar-refractivity contribution in [3.05, 3.63) is 21.0 Å². The first kappa shape index (κ1) is 13.8. The quantitative estimate of drug-likeness (QED) is 0.779. The molecule has 9 rings (SSSR count). The highest BCUT2D eigenvalue weighted by Crippen LogP contribution is 2.96. The summed E-state index contributed by atoms with van der Waals surface area (Å²) >= 11 is 0. The van der Waals surface area contributed by atoms with Gasteiger partial charge < -0.3 is 0 Å². The van der Waals surface area contributed by atoms with E-state index in [0.717, 1.165) is 30.6 Å². The smallest absolute Gasteiger partial charge is 0.246 e. The zero-order chi connectivity index (χ0) is 17.7. The van der Waals surface area contributed by atoms with Gasteiger partial charge in [-0.2, -0.15) is 0 Å². The zero-order valence-electron chi connectivity index (χ0n) is 16.0. The molecule has 3 heterocycles. The van der Waals surface area contributed by atoms with Crippen LogP contribution in [0.2, 0.25) is 0 Å². The van der Waals surface area contributed by atoms with Crippen molar-refractivity contribution in [2.75, 3.05) is 0 Å². The van der Waals surface area contributed by atoms with Gasteiger partial charge in [0.2, 0.25) is 0 Å². The highest BCUT2D eigenvalue weighted by Gasteiger charge is 2.95. The standard InChI is InChI=1S/C21H27N3O2/c1-19(2)8-5-6-20(19,3)9(7-8)22-17(25)23-15-11-10-12(11)16(24(23)18(22)26)21(4)13(10)14(15)21/h8-16H,5-7H2,1-4H3. The molecule has 0 saturated heterocycles. The summed E-state index contributed by atoms with van der Waals surface area (Å²) in [7, 11) is 0. The second-order valence-corrected chi connectivity index (χ2v) is 11.8. The molecule has 6 fully saturated rings. The average molecular weight is 353 g/mol. The van der Waals surface area contributed by atoms with Gasteiger partial charge in [-0.3, -0.25) is 0 Å². The van der Waals surface area contributed by atoms with Crippen LogP contribution in [0.5, 0.6) is 0 Å². The fourth-order valence-corrected chi connectivity index (χ4v) is 10.2. The molecule has 0 N–H and O–H groups in total. The molecule has 11 unspecified atom stereocenters. The first-order valence-corrected chi connectivity index (χ1v) is 10.7. The van der Waals surface area contributed by atoms with Crippen LogP contribution in [0.25, 0.3) is 0 Å². The van der Waals surface area contributed by atoms with Gasteiger partial charge in [0.25, 0.3) is 0 Å². The first-order valence-electron chi connectivity index (χ1n) is 10.7. The number of rotatable bonds is 1. The van der Waals surface area contributed by atoms with Crippen LogP contribution >= 0.6 is 0 Å². The number of fused-ring (bicyclic) bond motifs is 2. The maximum atomic E-state index is 13.6. The summed E-state index contributed by atoms with van der Waals surface area (Å²) in [4.78, 5) is 27.2. The van der Waals surface area contributed by atoms with E-state index in [-0.39, 0.29) is 28.3 Å². The Morgan fingerprint density at radius 1 is 0.923 bits per heavy atom. The predicted molar refractivity (Wildman–Crippen MR) is 94.8 cm³/mol. The topological polar surface area (TPSA) is 48.9 Å². The fraction of sp³-hybridized carbons (Fsp3) is 0.905. The van der Waals surface area contributed by atoms with E-state index in [1.807, 2.05) is 9.36 Å². The Kier molecular flexibility index (Phi) is 1.71. The summed E-state index contributed by atoms with van der Waals surface area (Å²) in [5, 5.41) is 0. The van der Waals surface area contributed by atoms with Crippen molar-refractivity contribution in [2.24, 2.45) is 51.8 Å². The molecule has 0 radical (unpaired) electrons. The Labute approximate surface area is 152 Å². The molecule has 4 bridgehead atoms. The van der Waals surface area contributed by atoms with E-state index in [4.69, 9.17) is 0 Å². The first-order chi connectivity index (χ1) is 12.3. The van der Waals surface area contributed by atoms with Crippen molar-refractivity contribution in [3.8, 4) is 0 Å². The molecule has 138 valence electrons. The van der Waals surface area contributed by atoms with Crippen LogP contribution in [0.15, 0.2) is 9.59 Å². The van der Waals surface area contributed by atoms with Crippen LogP contribution < -0.4 is 11.4 Å². The van der Waals surface area contributed by atoms with Gasteiger partial charge in [-0.1, -0.05) is 27.7 Å². The molecule has 1 aromatic rings. The Morgan fingerprint density at radius 3 is 2.23 bits per heavy atom. The van der Waals surface area contributed by atoms with Crippen molar-refractivity contribution >= 4 is 0 Å². The lowest BCUT2D eigenvalue weighted by Gasteiger charge is -2.41. The van der Waals surface area contributed by atoms with Gasteiger partial charge in [0.1, 0.15) is 0 Å². The van der Waals surface area contributed by atoms with Gasteiger partial charge >= 0.3 is 11.4 Å². The molecule has 0 spiro atoms. The van der Waals surface area contributed by atoms with Gasteiger partial charge in [-0.15, -0.1) is 0 Å². The normalized spacial score (nSPS) is 62.7. The molecule has 1 aromatic heterocycles. The lowest BCUT2D eigenvalue weighted by atomic mass is 9.69. The van der Waals surface area contributed by atoms with Crippen molar-refractivity contribution in [3.63, 3.8) is 0 Å². The van der Waals surface area contributed by atoms with Gasteiger partial charge in [0.15, 0.2) is 0 Å². The summed E-state index contributed by atoms with van der Waals surface area (Å²) in [6.07, 6.45) is 3.41. The third kappa shape index (κ3) is 0.926. The number of nitrogens with zero attached hydrogens (tertiary/aromatic N) is 3. The van der Waals surface area contributed by atoms with E-state index >= 15 is 0 Å². The largest absolute Gasteiger partial charge is 0.347 e. The van der Waals surface area contributed by atoms with Crippen LogP contribution in [0, 0.1) is 51.8 Å². The number of aromatic nitrogens is 3. The van der Waals surface area contributed by atoms with Crippen molar-refractivity contribution in [2.45, 2.75) is 65.1 Å². The number of hydrogen-bond acceptors (Lipinski definition) is 2. The van der Waals surface area contributed by atoms with E-state index < -0.39 is 0 Å². The molecular formula is C21H27N3O2. The predicted octanol–water partition coefficient (Wildman–Crippen LogP) is 2.44. The second-order valence-electron chi connectivity index (χ2n) is 11.8. The van der Waals surface area contributed by atoms with Crippen LogP contribution in [0.1, 0.15) is 65.1 Å². The highest BCUT2D eigenvalue weighted by atomic mass is 16.2. The molecule has 6 aliphatic carbocycles. The van der Waals surface area contributed by atoms with Crippen LogP contribution in [-0.4, -0.2) is 13.9 Å². The summed E-state index contributed by atoms with van der Waals surface area (Å²) in [5.41, 5.74) is 0.665. The third-order valence-electron chi connectivity index (χ3n) is 11.7. The second kappa shape index (κ2) is 3.22. The van der Waals surface area contributed by atoms with Crippen molar-refractivity contribution in [1.82, 2.24) is 13.9 Å². The average Bonchev–Trinajstić information content (AvgIpc) is 3.26. The van der Waals surface area contributed by atoms with E-state index in [0.29, 0.717) is 35.3 Å². The summed E-state index contributed by atoms with van der Waals surface area (Å²) < 4.78 is 5.67. The molecule has 5 heteroatoms. The van der Waals surface area contributed by atoms with Gasteiger partial charge in [0, 0.05) is 6.04 Å². The third-order valence-corrected chi connectivity index (χ3v) is 11.7. The summed E-state index contributed by atoms with van der Waals surface area (Å²) in [5.74, 6) is 4.40. The minimum atomic E-state index is 0.0240. The molecule has 8 aliphatic rings. The Balaban J connectivity index is 1.38. The molecule has 2 aliphatic heterocycles. The van der Waals surface area contributed by atoms with Gasteiger partial charge in [-0.25, -0.2) is 23.5 Å². The Bertz CT molecular complexity index is 1060. The zero-order valence-corrected chi connectivity index (χ0v) is 16.0.